The van der Waals surface area contributed by atoms with E-state index in [1.54, 1.807) is 0 Å². The number of carbonyl (C=O) groups is 1. The van der Waals surface area contributed by atoms with Crippen LogP contribution in [-0.4, -0.2) is 11.4 Å². The van der Waals surface area contributed by atoms with Crippen molar-refractivity contribution in [1.29, 1.82) is 0 Å². The van der Waals surface area contributed by atoms with Gasteiger partial charge in [-0.15, -0.1) is 12.6 Å². The molecule has 1 aromatic carbocycles. The maximum atomic E-state index is 13.0. The van der Waals surface area contributed by atoms with E-state index in [-0.39, 0.29) is 16.3 Å². The van der Waals surface area contributed by atoms with Gasteiger partial charge in [-0.05, 0) is 44.4 Å². The number of rotatable bonds is 2. The minimum absolute atomic E-state index is 0.0811. The molecule has 0 spiro atoms. The highest BCUT2D eigenvalue weighted by Gasteiger charge is 2.33. The number of halogens is 1. The summed E-state index contributed by atoms with van der Waals surface area (Å²) >= 11 is 3.96. The van der Waals surface area contributed by atoms with Crippen molar-refractivity contribution in [2.24, 2.45) is 0 Å². The van der Waals surface area contributed by atoms with Crippen LogP contribution in [0.15, 0.2) is 23.1 Å². The monoisotopic (exact) mass is 239 g/mol. The largest absolute Gasteiger partial charge is 0.347 e. The Bertz CT molecular complexity index is 429. The Kier molecular flexibility index (Phi) is 2.93. The van der Waals surface area contributed by atoms with Crippen LogP contribution in [0, 0.1) is 5.82 Å². The third-order valence-corrected chi connectivity index (χ3v) is 3.42. The van der Waals surface area contributed by atoms with E-state index in [2.05, 4.69) is 17.9 Å². The highest BCUT2D eigenvalue weighted by atomic mass is 32.1. The molecule has 1 aliphatic rings. The molecule has 86 valence electrons. The second kappa shape index (κ2) is 4.09. The van der Waals surface area contributed by atoms with Crippen LogP contribution in [0.25, 0.3) is 0 Å². The van der Waals surface area contributed by atoms with Crippen LogP contribution in [0.1, 0.15) is 36.5 Å². The molecule has 1 N–H and O–H groups in total. The van der Waals surface area contributed by atoms with E-state index in [1.165, 1.54) is 18.2 Å². The van der Waals surface area contributed by atoms with E-state index in [9.17, 15) is 9.18 Å². The third kappa shape index (κ3) is 2.21. The highest BCUT2D eigenvalue weighted by molar-refractivity contribution is 7.80. The summed E-state index contributed by atoms with van der Waals surface area (Å²) in [6.45, 7) is 2.03. The number of hydrogen-bond acceptors (Lipinski definition) is 2. The zero-order valence-electron chi connectivity index (χ0n) is 9.09. The van der Waals surface area contributed by atoms with Crippen molar-refractivity contribution in [1.82, 2.24) is 5.32 Å². The number of hydrogen-bond donors (Lipinski definition) is 2. The minimum atomic E-state index is -0.408. The quantitative estimate of drug-likeness (QED) is 0.763. The van der Waals surface area contributed by atoms with Crippen molar-refractivity contribution >= 4 is 18.5 Å². The van der Waals surface area contributed by atoms with Crippen LogP contribution in [0.4, 0.5) is 4.39 Å². The van der Waals surface area contributed by atoms with Gasteiger partial charge < -0.3 is 5.32 Å². The zero-order chi connectivity index (χ0) is 11.8. The Balaban J connectivity index is 2.11. The van der Waals surface area contributed by atoms with E-state index >= 15 is 0 Å². The lowest BCUT2D eigenvalue weighted by Gasteiger charge is -2.39. The number of thiol groups is 1. The molecule has 0 heterocycles. The standard InChI is InChI=1S/C12H14FNOS/c1-12(5-2-6-12)14-11(15)8-3-4-9(13)10(16)7-8/h3-4,7,16H,2,5-6H2,1H3,(H,14,15). The lowest BCUT2D eigenvalue weighted by molar-refractivity contribution is 0.0850. The fraction of sp³-hybridized carbons (Fsp3) is 0.417. The van der Waals surface area contributed by atoms with Crippen molar-refractivity contribution in [3.63, 3.8) is 0 Å². The van der Waals surface area contributed by atoms with Crippen molar-refractivity contribution < 1.29 is 9.18 Å². The summed E-state index contributed by atoms with van der Waals surface area (Å²) in [5, 5.41) is 2.96. The molecule has 2 rings (SSSR count). The van der Waals surface area contributed by atoms with Crippen LogP contribution in [0.5, 0.6) is 0 Å². The fourth-order valence-electron chi connectivity index (χ4n) is 1.83. The first kappa shape index (κ1) is 11.5. The molecule has 1 amide bonds. The maximum Gasteiger partial charge on any atom is 0.251 e. The third-order valence-electron chi connectivity index (χ3n) is 3.08. The van der Waals surface area contributed by atoms with Gasteiger partial charge in [0.2, 0.25) is 0 Å². The molecule has 2 nitrogen and oxygen atoms in total. The van der Waals surface area contributed by atoms with Gasteiger partial charge in [0.25, 0.3) is 5.91 Å². The number of carbonyl (C=O) groups excluding carboxylic acids is 1. The molecule has 1 aliphatic carbocycles. The Morgan fingerprint density at radius 2 is 2.19 bits per heavy atom. The first-order valence-corrected chi connectivity index (χ1v) is 5.76. The van der Waals surface area contributed by atoms with Gasteiger partial charge in [-0.2, -0.15) is 0 Å². The molecule has 0 aliphatic heterocycles. The van der Waals surface area contributed by atoms with Gasteiger partial charge in [-0.1, -0.05) is 0 Å². The molecule has 0 unspecified atom stereocenters. The second-order valence-corrected chi connectivity index (χ2v) is 5.02. The normalized spacial score (nSPS) is 17.7. The van der Waals surface area contributed by atoms with Gasteiger partial charge in [0, 0.05) is 16.0 Å². The molecule has 0 radical (unpaired) electrons. The Morgan fingerprint density at radius 1 is 1.50 bits per heavy atom. The average molecular weight is 239 g/mol. The molecule has 1 fully saturated rings. The summed E-state index contributed by atoms with van der Waals surface area (Å²) in [6.07, 6.45) is 3.17. The van der Waals surface area contributed by atoms with E-state index < -0.39 is 5.82 Å². The van der Waals surface area contributed by atoms with Gasteiger partial charge in [0.15, 0.2) is 0 Å². The van der Waals surface area contributed by atoms with Crippen LogP contribution in [0.2, 0.25) is 0 Å². The predicted molar refractivity (Wildman–Crippen MR) is 63.4 cm³/mol. The van der Waals surface area contributed by atoms with Gasteiger partial charge in [0.05, 0.1) is 0 Å². The predicted octanol–water partition coefficient (Wildman–Crippen LogP) is 2.79. The minimum Gasteiger partial charge on any atom is -0.347 e. The SMILES string of the molecule is CC1(NC(=O)c2ccc(F)c(S)c2)CCC1. The maximum absolute atomic E-state index is 13.0. The molecule has 1 aromatic rings. The molecular weight excluding hydrogens is 225 g/mol. The molecule has 1 saturated carbocycles. The van der Waals surface area contributed by atoms with Crippen LogP contribution in [0.3, 0.4) is 0 Å². The second-order valence-electron chi connectivity index (χ2n) is 4.53. The first-order valence-electron chi connectivity index (χ1n) is 5.31. The summed E-state index contributed by atoms with van der Waals surface area (Å²) in [7, 11) is 0. The van der Waals surface area contributed by atoms with Crippen molar-refractivity contribution in [2.45, 2.75) is 36.6 Å². The number of amides is 1. The molecule has 0 bridgehead atoms. The highest BCUT2D eigenvalue weighted by Crippen LogP contribution is 2.31. The Morgan fingerprint density at radius 3 is 2.69 bits per heavy atom. The van der Waals surface area contributed by atoms with Crippen molar-refractivity contribution in [3.05, 3.63) is 29.6 Å². The molecule has 0 aromatic heterocycles. The molecular formula is C12H14FNOS. The summed E-state index contributed by atoms with van der Waals surface area (Å²) < 4.78 is 13.0. The van der Waals surface area contributed by atoms with Crippen LogP contribution >= 0.6 is 12.6 Å². The van der Waals surface area contributed by atoms with Gasteiger partial charge in [-0.3, -0.25) is 4.79 Å². The lowest BCUT2D eigenvalue weighted by Crippen LogP contribution is -2.50. The van der Waals surface area contributed by atoms with E-state index in [0.29, 0.717) is 5.56 Å². The lowest BCUT2D eigenvalue weighted by atomic mass is 9.78. The molecule has 4 heteroatoms. The number of nitrogens with one attached hydrogen (secondary N) is 1. The Labute approximate surface area is 99.6 Å². The van der Waals surface area contributed by atoms with E-state index in [4.69, 9.17) is 0 Å². The smallest absolute Gasteiger partial charge is 0.251 e. The molecule has 0 atom stereocenters. The molecule has 0 saturated heterocycles. The van der Waals surface area contributed by atoms with Crippen molar-refractivity contribution in [2.75, 3.05) is 0 Å². The van der Waals surface area contributed by atoms with Gasteiger partial charge in [-0.25, -0.2) is 4.39 Å². The van der Waals surface area contributed by atoms with Crippen molar-refractivity contribution in [3.8, 4) is 0 Å². The summed E-state index contributed by atoms with van der Waals surface area (Å²) in [5.41, 5.74) is 0.377. The van der Waals surface area contributed by atoms with E-state index in [1.807, 2.05) is 6.92 Å². The summed E-state index contributed by atoms with van der Waals surface area (Å²) in [5.74, 6) is -0.563. The summed E-state index contributed by atoms with van der Waals surface area (Å²) in [4.78, 5) is 12.0. The average Bonchev–Trinajstić information content (AvgIpc) is 2.19. The van der Waals surface area contributed by atoms with E-state index in [0.717, 1.165) is 19.3 Å². The zero-order valence-corrected chi connectivity index (χ0v) is 9.98. The topological polar surface area (TPSA) is 29.1 Å². The first-order chi connectivity index (χ1) is 7.50. The number of benzene rings is 1. The summed E-state index contributed by atoms with van der Waals surface area (Å²) in [6, 6.07) is 4.20. The Hall–Kier alpha value is -1.03. The van der Waals surface area contributed by atoms with Gasteiger partial charge >= 0.3 is 0 Å². The van der Waals surface area contributed by atoms with Gasteiger partial charge in [0.1, 0.15) is 5.82 Å². The fourth-order valence-corrected chi connectivity index (χ4v) is 2.05. The van der Waals surface area contributed by atoms with Crippen LogP contribution < -0.4 is 5.32 Å². The molecule has 16 heavy (non-hydrogen) atoms. The van der Waals surface area contributed by atoms with Crippen LogP contribution in [-0.2, 0) is 0 Å².